The highest BCUT2D eigenvalue weighted by Crippen LogP contribution is 2.12. The van der Waals surface area contributed by atoms with E-state index in [0.717, 1.165) is 19.5 Å². The van der Waals surface area contributed by atoms with Crippen LogP contribution in [0.15, 0.2) is 22.8 Å². The van der Waals surface area contributed by atoms with Gasteiger partial charge in [-0.3, -0.25) is 9.69 Å². The number of carbonyl (C=O) groups is 1. The molecule has 1 unspecified atom stereocenters. The van der Waals surface area contributed by atoms with Crippen molar-refractivity contribution in [2.45, 2.75) is 33.2 Å². The number of carbonyl (C=O) groups excluding carboxylic acids is 1. The maximum absolute atomic E-state index is 12.1. The molecular weight excluding hydrogens is 190 g/mol. The first-order valence-electron chi connectivity index (χ1n) is 5.56. The smallest absolute Gasteiger partial charge is 0.214 e. The Kier molecular flexibility index (Phi) is 4.56. The Morgan fingerprint density at radius 2 is 2.07 bits per heavy atom. The lowest BCUT2D eigenvalue weighted by atomic mass is 10.1. The van der Waals surface area contributed by atoms with Gasteiger partial charge in [-0.05, 0) is 31.6 Å². The highest BCUT2D eigenvalue weighted by molar-refractivity contribution is 5.97. The van der Waals surface area contributed by atoms with Crippen molar-refractivity contribution in [1.29, 1.82) is 0 Å². The van der Waals surface area contributed by atoms with Crippen LogP contribution in [0.1, 0.15) is 37.7 Å². The molecule has 0 aliphatic heterocycles. The van der Waals surface area contributed by atoms with Crippen LogP contribution in [0.25, 0.3) is 0 Å². The molecule has 0 radical (unpaired) electrons. The fourth-order valence-corrected chi connectivity index (χ4v) is 1.86. The Bertz CT molecular complexity index is 289. The normalized spacial score (nSPS) is 13.1. The van der Waals surface area contributed by atoms with Crippen molar-refractivity contribution in [2.75, 3.05) is 13.1 Å². The van der Waals surface area contributed by atoms with Gasteiger partial charge in [-0.15, -0.1) is 0 Å². The molecule has 0 amide bonds. The Hall–Kier alpha value is -1.09. The van der Waals surface area contributed by atoms with Gasteiger partial charge in [-0.25, -0.2) is 0 Å². The highest BCUT2D eigenvalue weighted by Gasteiger charge is 2.24. The standard InChI is InChI=1S/C12H19NO2/c1-4-10(13(5-2)6-3)12(14)11-8-7-9-15-11/h7-10H,4-6H2,1-3H3. The maximum Gasteiger partial charge on any atom is 0.214 e. The minimum atomic E-state index is -0.0499. The van der Waals surface area contributed by atoms with Gasteiger partial charge >= 0.3 is 0 Å². The Morgan fingerprint density at radius 3 is 2.47 bits per heavy atom. The molecule has 0 saturated carbocycles. The molecule has 1 aromatic rings. The summed E-state index contributed by atoms with van der Waals surface area (Å²) in [5, 5.41) is 0. The summed E-state index contributed by atoms with van der Waals surface area (Å²) in [5.41, 5.74) is 0. The van der Waals surface area contributed by atoms with E-state index >= 15 is 0 Å². The van der Waals surface area contributed by atoms with E-state index in [2.05, 4.69) is 18.7 Å². The van der Waals surface area contributed by atoms with Crippen LogP contribution in [0.2, 0.25) is 0 Å². The number of furan rings is 1. The third kappa shape index (κ3) is 2.69. The minimum absolute atomic E-state index is 0.0499. The van der Waals surface area contributed by atoms with Crippen molar-refractivity contribution in [3.8, 4) is 0 Å². The fourth-order valence-electron chi connectivity index (χ4n) is 1.86. The van der Waals surface area contributed by atoms with Crippen LogP contribution in [0.3, 0.4) is 0 Å². The van der Waals surface area contributed by atoms with Crippen LogP contribution in [-0.4, -0.2) is 29.8 Å². The average molecular weight is 209 g/mol. The number of nitrogens with zero attached hydrogens (tertiary/aromatic N) is 1. The van der Waals surface area contributed by atoms with Crippen LogP contribution < -0.4 is 0 Å². The van der Waals surface area contributed by atoms with Gasteiger partial charge in [0, 0.05) is 0 Å². The summed E-state index contributed by atoms with van der Waals surface area (Å²) in [6.45, 7) is 7.95. The van der Waals surface area contributed by atoms with Crippen molar-refractivity contribution in [3.05, 3.63) is 24.2 Å². The summed E-state index contributed by atoms with van der Waals surface area (Å²) in [6, 6.07) is 3.43. The highest BCUT2D eigenvalue weighted by atomic mass is 16.3. The van der Waals surface area contributed by atoms with Crippen LogP contribution in [0, 0.1) is 0 Å². The minimum Gasteiger partial charge on any atom is -0.461 e. The number of rotatable bonds is 6. The van der Waals surface area contributed by atoms with Crippen molar-refractivity contribution in [1.82, 2.24) is 4.90 Å². The second-order valence-electron chi connectivity index (χ2n) is 3.49. The first-order chi connectivity index (χ1) is 7.24. The summed E-state index contributed by atoms with van der Waals surface area (Å²) in [5.74, 6) is 0.556. The molecule has 1 aromatic heterocycles. The summed E-state index contributed by atoms with van der Waals surface area (Å²) >= 11 is 0. The topological polar surface area (TPSA) is 33.5 Å². The molecule has 0 spiro atoms. The summed E-state index contributed by atoms with van der Waals surface area (Å²) in [6.07, 6.45) is 2.36. The number of Topliss-reactive ketones (excluding diaryl/α,β-unsaturated/α-hetero) is 1. The molecule has 15 heavy (non-hydrogen) atoms. The van der Waals surface area contributed by atoms with Crippen molar-refractivity contribution in [3.63, 3.8) is 0 Å². The Labute approximate surface area is 91.1 Å². The molecule has 0 aliphatic carbocycles. The molecular formula is C12H19NO2. The SMILES string of the molecule is CCC(C(=O)c1ccco1)N(CC)CC. The van der Waals surface area contributed by atoms with E-state index in [4.69, 9.17) is 4.42 Å². The first-order valence-corrected chi connectivity index (χ1v) is 5.56. The predicted octanol–water partition coefficient (Wildman–Crippen LogP) is 2.58. The van der Waals surface area contributed by atoms with E-state index in [1.54, 1.807) is 18.4 Å². The monoisotopic (exact) mass is 209 g/mol. The van der Waals surface area contributed by atoms with Gasteiger partial charge in [-0.2, -0.15) is 0 Å². The lowest BCUT2D eigenvalue weighted by Gasteiger charge is -2.26. The quantitative estimate of drug-likeness (QED) is 0.675. The third-order valence-corrected chi connectivity index (χ3v) is 2.71. The van der Waals surface area contributed by atoms with E-state index < -0.39 is 0 Å². The van der Waals surface area contributed by atoms with E-state index in [1.165, 1.54) is 0 Å². The Morgan fingerprint density at radius 1 is 1.40 bits per heavy atom. The fraction of sp³-hybridized carbons (Fsp3) is 0.583. The van der Waals surface area contributed by atoms with Crippen LogP contribution in [0.5, 0.6) is 0 Å². The number of hydrogen-bond acceptors (Lipinski definition) is 3. The van der Waals surface area contributed by atoms with Gasteiger partial charge in [0.05, 0.1) is 12.3 Å². The third-order valence-electron chi connectivity index (χ3n) is 2.71. The van der Waals surface area contributed by atoms with Crippen molar-refractivity contribution >= 4 is 5.78 Å². The van der Waals surface area contributed by atoms with Gasteiger partial charge in [0.25, 0.3) is 0 Å². The molecule has 3 nitrogen and oxygen atoms in total. The molecule has 0 fully saturated rings. The predicted molar refractivity (Wildman–Crippen MR) is 60.0 cm³/mol. The average Bonchev–Trinajstić information content (AvgIpc) is 2.78. The van der Waals surface area contributed by atoms with Crippen LogP contribution in [-0.2, 0) is 0 Å². The molecule has 0 saturated heterocycles. The molecule has 3 heteroatoms. The van der Waals surface area contributed by atoms with Crippen LogP contribution in [0.4, 0.5) is 0 Å². The Balaban J connectivity index is 2.78. The van der Waals surface area contributed by atoms with Gasteiger partial charge < -0.3 is 4.42 Å². The lowest BCUT2D eigenvalue weighted by molar-refractivity contribution is 0.0797. The molecule has 84 valence electrons. The second-order valence-corrected chi connectivity index (χ2v) is 3.49. The zero-order valence-electron chi connectivity index (χ0n) is 9.69. The van der Waals surface area contributed by atoms with Gasteiger partial charge in [-0.1, -0.05) is 20.8 Å². The number of hydrogen-bond donors (Lipinski definition) is 0. The van der Waals surface area contributed by atoms with Crippen molar-refractivity contribution in [2.24, 2.45) is 0 Å². The molecule has 1 rings (SSSR count). The molecule has 1 atom stereocenters. The van der Waals surface area contributed by atoms with Crippen LogP contribution >= 0.6 is 0 Å². The van der Waals surface area contributed by atoms with Crippen molar-refractivity contribution < 1.29 is 9.21 Å². The molecule has 0 N–H and O–H groups in total. The summed E-state index contributed by atoms with van der Waals surface area (Å²) in [4.78, 5) is 14.2. The molecule has 0 bridgehead atoms. The summed E-state index contributed by atoms with van der Waals surface area (Å²) in [7, 11) is 0. The van der Waals surface area contributed by atoms with Gasteiger partial charge in [0.1, 0.15) is 0 Å². The zero-order valence-corrected chi connectivity index (χ0v) is 9.69. The van der Waals surface area contributed by atoms with E-state index in [-0.39, 0.29) is 11.8 Å². The summed E-state index contributed by atoms with van der Waals surface area (Å²) < 4.78 is 5.14. The maximum atomic E-state index is 12.1. The zero-order chi connectivity index (χ0) is 11.3. The van der Waals surface area contributed by atoms with Gasteiger partial charge in [0.15, 0.2) is 5.76 Å². The largest absolute Gasteiger partial charge is 0.461 e. The molecule has 0 aromatic carbocycles. The van der Waals surface area contributed by atoms with E-state index in [0.29, 0.717) is 5.76 Å². The number of likely N-dealkylation sites (N-methyl/N-ethyl adjacent to an activating group) is 1. The lowest BCUT2D eigenvalue weighted by Crippen LogP contribution is -2.40. The number of ketones is 1. The second kappa shape index (κ2) is 5.71. The first kappa shape index (κ1) is 12.0. The van der Waals surface area contributed by atoms with Gasteiger partial charge in [0.2, 0.25) is 5.78 Å². The van der Waals surface area contributed by atoms with E-state index in [9.17, 15) is 4.79 Å². The van der Waals surface area contributed by atoms with E-state index in [1.807, 2.05) is 6.92 Å². The molecule has 0 aliphatic rings. The molecule has 1 heterocycles.